The first-order valence-corrected chi connectivity index (χ1v) is 8.87. The summed E-state index contributed by atoms with van der Waals surface area (Å²) in [6, 6.07) is 12.9. The van der Waals surface area contributed by atoms with Gasteiger partial charge in [0, 0.05) is 29.3 Å². The molecule has 0 aromatic heterocycles. The first-order chi connectivity index (χ1) is 11.9. The number of nitrogens with zero attached hydrogens (tertiary/aromatic N) is 1. The fourth-order valence-corrected chi connectivity index (χ4v) is 3.09. The van der Waals surface area contributed by atoms with E-state index < -0.39 is 6.10 Å². The first kappa shape index (κ1) is 17.5. The van der Waals surface area contributed by atoms with E-state index in [4.69, 9.17) is 4.74 Å². The van der Waals surface area contributed by atoms with Crippen LogP contribution in [-0.4, -0.2) is 24.5 Å². The number of carbonyl (C=O) groups excluding carboxylic acids is 2. The second kappa shape index (κ2) is 7.27. The van der Waals surface area contributed by atoms with Crippen LogP contribution >= 0.6 is 15.9 Å². The van der Waals surface area contributed by atoms with Gasteiger partial charge >= 0.3 is 0 Å². The predicted octanol–water partition coefficient (Wildman–Crippen LogP) is 3.76. The van der Waals surface area contributed by atoms with Crippen LogP contribution in [0.15, 0.2) is 46.9 Å². The van der Waals surface area contributed by atoms with Crippen molar-refractivity contribution in [3.63, 3.8) is 0 Å². The molecule has 2 amide bonds. The van der Waals surface area contributed by atoms with Gasteiger partial charge in [-0.2, -0.15) is 0 Å². The fourth-order valence-electron chi connectivity index (χ4n) is 2.82. The minimum atomic E-state index is -0.622. The van der Waals surface area contributed by atoms with Gasteiger partial charge in [0.05, 0.1) is 0 Å². The lowest BCUT2D eigenvalue weighted by atomic mass is 10.1. The molecular formula is C19H19BrN2O3. The van der Waals surface area contributed by atoms with E-state index in [9.17, 15) is 9.59 Å². The monoisotopic (exact) mass is 402 g/mol. The third kappa shape index (κ3) is 4.02. The number of carbonyl (C=O) groups is 2. The zero-order valence-electron chi connectivity index (χ0n) is 14.1. The zero-order chi connectivity index (χ0) is 18.0. The molecule has 6 heteroatoms. The molecule has 1 aliphatic heterocycles. The summed E-state index contributed by atoms with van der Waals surface area (Å²) < 4.78 is 6.61. The van der Waals surface area contributed by atoms with E-state index >= 15 is 0 Å². The Hall–Kier alpha value is -2.34. The number of amides is 2. The summed E-state index contributed by atoms with van der Waals surface area (Å²) in [5, 5.41) is 2.87. The standard InChI is InChI=1S/C19H19BrN2O3/c1-12(25-17-6-3-15(20)4-7-17)19(24)21-16-5-8-18-14(11-16)9-10-22(18)13(2)23/h3-8,11-12H,9-10H2,1-2H3,(H,21,24). The molecule has 1 N–H and O–H groups in total. The fraction of sp³-hybridized carbons (Fsp3) is 0.263. The van der Waals surface area contributed by atoms with Gasteiger partial charge in [-0.25, -0.2) is 0 Å². The van der Waals surface area contributed by atoms with Crippen molar-refractivity contribution in [3.8, 4) is 5.75 Å². The van der Waals surface area contributed by atoms with Crippen LogP contribution in [0.2, 0.25) is 0 Å². The van der Waals surface area contributed by atoms with Gasteiger partial charge in [-0.3, -0.25) is 9.59 Å². The SMILES string of the molecule is CC(=O)N1CCc2cc(NC(=O)C(C)Oc3ccc(Br)cc3)ccc21. The Balaban J connectivity index is 1.65. The van der Waals surface area contributed by atoms with Crippen molar-refractivity contribution in [3.05, 3.63) is 52.5 Å². The quantitative estimate of drug-likeness (QED) is 0.846. The van der Waals surface area contributed by atoms with Gasteiger partial charge in [-0.05, 0) is 61.4 Å². The number of benzene rings is 2. The highest BCUT2D eigenvalue weighted by atomic mass is 79.9. The summed E-state index contributed by atoms with van der Waals surface area (Å²) in [7, 11) is 0. The van der Waals surface area contributed by atoms with Gasteiger partial charge < -0.3 is 15.0 Å². The molecule has 0 saturated carbocycles. The lowest BCUT2D eigenvalue weighted by molar-refractivity contribution is -0.122. The van der Waals surface area contributed by atoms with Crippen LogP contribution in [0.4, 0.5) is 11.4 Å². The maximum atomic E-state index is 12.3. The van der Waals surface area contributed by atoms with Crippen molar-refractivity contribution in [2.45, 2.75) is 26.4 Å². The van der Waals surface area contributed by atoms with Crippen LogP contribution in [0.25, 0.3) is 0 Å². The number of rotatable bonds is 4. The number of halogens is 1. The predicted molar refractivity (Wildman–Crippen MR) is 101 cm³/mol. The highest BCUT2D eigenvalue weighted by Crippen LogP contribution is 2.30. The van der Waals surface area contributed by atoms with E-state index in [2.05, 4.69) is 21.2 Å². The van der Waals surface area contributed by atoms with Gasteiger partial charge in [0.15, 0.2) is 6.10 Å². The lowest BCUT2D eigenvalue weighted by Gasteiger charge is -2.17. The summed E-state index contributed by atoms with van der Waals surface area (Å²) in [4.78, 5) is 25.7. The van der Waals surface area contributed by atoms with Crippen molar-refractivity contribution >= 4 is 39.1 Å². The van der Waals surface area contributed by atoms with Crippen molar-refractivity contribution in [2.75, 3.05) is 16.8 Å². The Kier molecular flexibility index (Phi) is 5.08. The van der Waals surface area contributed by atoms with Crippen LogP contribution in [0.3, 0.4) is 0 Å². The molecule has 130 valence electrons. The molecule has 1 aliphatic rings. The van der Waals surface area contributed by atoms with E-state index in [0.29, 0.717) is 18.0 Å². The second-order valence-corrected chi connectivity index (χ2v) is 6.88. The molecule has 2 aromatic carbocycles. The smallest absolute Gasteiger partial charge is 0.265 e. The molecule has 1 heterocycles. The molecule has 25 heavy (non-hydrogen) atoms. The lowest BCUT2D eigenvalue weighted by Crippen LogP contribution is -2.30. The minimum absolute atomic E-state index is 0.0343. The summed E-state index contributed by atoms with van der Waals surface area (Å²) >= 11 is 3.36. The Morgan fingerprint density at radius 3 is 2.60 bits per heavy atom. The maximum absolute atomic E-state index is 12.3. The molecule has 0 aliphatic carbocycles. The topological polar surface area (TPSA) is 58.6 Å². The summed E-state index contributed by atoms with van der Waals surface area (Å²) in [6.45, 7) is 3.96. The highest BCUT2D eigenvalue weighted by molar-refractivity contribution is 9.10. The van der Waals surface area contributed by atoms with Gasteiger partial charge in [0.2, 0.25) is 5.91 Å². The van der Waals surface area contributed by atoms with Crippen molar-refractivity contribution in [1.29, 1.82) is 0 Å². The molecule has 2 aromatic rings. The maximum Gasteiger partial charge on any atom is 0.265 e. The number of anilines is 2. The second-order valence-electron chi connectivity index (χ2n) is 5.97. The molecule has 0 saturated heterocycles. The average molecular weight is 403 g/mol. The van der Waals surface area contributed by atoms with Crippen molar-refractivity contribution in [1.82, 2.24) is 0 Å². The Labute approximate surface area is 155 Å². The van der Waals surface area contributed by atoms with Gasteiger partial charge in [0.1, 0.15) is 5.75 Å². The molecule has 5 nitrogen and oxygen atoms in total. The third-order valence-corrected chi connectivity index (χ3v) is 4.65. The summed E-state index contributed by atoms with van der Waals surface area (Å²) in [5.74, 6) is 0.452. The molecule has 0 fully saturated rings. The van der Waals surface area contributed by atoms with Gasteiger partial charge in [-0.15, -0.1) is 0 Å². The van der Waals surface area contributed by atoms with E-state index in [-0.39, 0.29) is 11.8 Å². The van der Waals surface area contributed by atoms with Crippen molar-refractivity contribution in [2.24, 2.45) is 0 Å². The number of hydrogen-bond donors (Lipinski definition) is 1. The Morgan fingerprint density at radius 2 is 1.92 bits per heavy atom. The molecule has 0 spiro atoms. The number of hydrogen-bond acceptors (Lipinski definition) is 3. The van der Waals surface area contributed by atoms with E-state index in [1.165, 1.54) is 0 Å². The average Bonchev–Trinajstić information content (AvgIpc) is 3.00. The van der Waals surface area contributed by atoms with Crippen LogP contribution < -0.4 is 15.0 Å². The minimum Gasteiger partial charge on any atom is -0.481 e. The van der Waals surface area contributed by atoms with Gasteiger partial charge in [-0.1, -0.05) is 15.9 Å². The molecular weight excluding hydrogens is 384 g/mol. The van der Waals surface area contributed by atoms with E-state index in [1.807, 2.05) is 30.3 Å². The van der Waals surface area contributed by atoms with Crippen LogP contribution in [0.1, 0.15) is 19.4 Å². The summed E-state index contributed by atoms with van der Waals surface area (Å²) in [5.41, 5.74) is 2.69. The first-order valence-electron chi connectivity index (χ1n) is 8.08. The van der Waals surface area contributed by atoms with E-state index in [1.54, 1.807) is 30.9 Å². The van der Waals surface area contributed by atoms with Crippen LogP contribution in [0, 0.1) is 0 Å². The molecule has 1 atom stereocenters. The van der Waals surface area contributed by atoms with E-state index in [0.717, 1.165) is 22.1 Å². The number of nitrogens with one attached hydrogen (secondary N) is 1. The Bertz CT molecular complexity index is 805. The number of fused-ring (bicyclic) bond motifs is 1. The molecule has 1 unspecified atom stereocenters. The zero-order valence-corrected chi connectivity index (χ0v) is 15.7. The normalized spacial score (nSPS) is 14.0. The molecule has 0 radical (unpaired) electrons. The molecule has 3 rings (SSSR count). The van der Waals surface area contributed by atoms with Gasteiger partial charge in [0.25, 0.3) is 5.91 Å². The number of ether oxygens (including phenoxy) is 1. The largest absolute Gasteiger partial charge is 0.481 e. The summed E-state index contributed by atoms with van der Waals surface area (Å²) in [6.07, 6.45) is 0.173. The van der Waals surface area contributed by atoms with Crippen molar-refractivity contribution < 1.29 is 14.3 Å². The third-order valence-electron chi connectivity index (χ3n) is 4.12. The highest BCUT2D eigenvalue weighted by Gasteiger charge is 2.23. The van der Waals surface area contributed by atoms with Crippen LogP contribution in [-0.2, 0) is 16.0 Å². The molecule has 0 bridgehead atoms. The Morgan fingerprint density at radius 1 is 1.20 bits per heavy atom. The van der Waals surface area contributed by atoms with Crippen LogP contribution in [0.5, 0.6) is 5.75 Å².